The molecule has 0 spiro atoms. The second kappa shape index (κ2) is 5.81. The number of aromatic nitrogens is 2. The number of nitrogen functional groups attached to an aromatic ring is 1. The van der Waals surface area contributed by atoms with Crippen LogP contribution in [-0.4, -0.2) is 40.5 Å². The highest BCUT2D eigenvalue weighted by Crippen LogP contribution is 2.33. The van der Waals surface area contributed by atoms with E-state index in [4.69, 9.17) is 5.73 Å². The van der Waals surface area contributed by atoms with E-state index >= 15 is 0 Å². The average Bonchev–Trinajstić information content (AvgIpc) is 2.74. The van der Waals surface area contributed by atoms with Crippen LogP contribution < -0.4 is 5.73 Å². The fourth-order valence-electron chi connectivity index (χ4n) is 2.48. The van der Waals surface area contributed by atoms with Gasteiger partial charge in [-0.2, -0.15) is 18.3 Å². The predicted molar refractivity (Wildman–Crippen MR) is 66.5 cm³/mol. The number of hydrogen-bond acceptors (Lipinski definition) is 3. The lowest BCUT2D eigenvalue weighted by Crippen LogP contribution is -2.42. The van der Waals surface area contributed by atoms with E-state index < -0.39 is 12.1 Å². The van der Waals surface area contributed by atoms with Gasteiger partial charge >= 0.3 is 6.18 Å². The Bertz CT molecular complexity index is 402. The summed E-state index contributed by atoms with van der Waals surface area (Å²) in [7, 11) is 0. The van der Waals surface area contributed by atoms with Gasteiger partial charge in [-0.1, -0.05) is 0 Å². The van der Waals surface area contributed by atoms with Crippen molar-refractivity contribution in [1.29, 1.82) is 0 Å². The molecule has 0 bridgehead atoms. The Morgan fingerprint density at radius 1 is 1.37 bits per heavy atom. The molecule has 0 amide bonds. The Hall–Kier alpha value is -1.24. The summed E-state index contributed by atoms with van der Waals surface area (Å²) < 4.78 is 39.7. The molecule has 19 heavy (non-hydrogen) atoms. The first kappa shape index (κ1) is 14.2. The highest BCUT2D eigenvalue weighted by atomic mass is 19.4. The van der Waals surface area contributed by atoms with E-state index in [9.17, 15) is 13.2 Å². The molecule has 108 valence electrons. The summed E-state index contributed by atoms with van der Waals surface area (Å²) in [4.78, 5) is 1.90. The van der Waals surface area contributed by atoms with Gasteiger partial charge in [-0.05, 0) is 38.4 Å². The lowest BCUT2D eigenvalue weighted by molar-refractivity contribution is -0.186. The van der Waals surface area contributed by atoms with Gasteiger partial charge in [0.15, 0.2) is 0 Å². The Morgan fingerprint density at radius 2 is 2.16 bits per heavy atom. The molecule has 1 aliphatic rings. The Morgan fingerprint density at radius 3 is 2.79 bits per heavy atom. The van der Waals surface area contributed by atoms with Crippen molar-refractivity contribution in [2.75, 3.05) is 25.4 Å². The van der Waals surface area contributed by atoms with Crippen molar-refractivity contribution in [3.63, 3.8) is 0 Å². The number of anilines is 1. The van der Waals surface area contributed by atoms with E-state index in [-0.39, 0.29) is 13.0 Å². The molecule has 1 unspecified atom stereocenters. The summed E-state index contributed by atoms with van der Waals surface area (Å²) >= 11 is 0. The van der Waals surface area contributed by atoms with Crippen LogP contribution in [0.4, 0.5) is 19.0 Å². The lowest BCUT2D eigenvalue weighted by Gasteiger charge is -2.33. The molecule has 2 heterocycles. The van der Waals surface area contributed by atoms with E-state index in [1.807, 2.05) is 4.90 Å². The largest absolute Gasteiger partial charge is 0.393 e. The summed E-state index contributed by atoms with van der Waals surface area (Å²) in [6.07, 6.45) is -0.612. The topological polar surface area (TPSA) is 47.1 Å². The maximum absolute atomic E-state index is 12.6. The first-order chi connectivity index (χ1) is 8.95. The molecule has 2 rings (SSSR count). The second-order valence-corrected chi connectivity index (χ2v) is 5.04. The number of aryl methyl sites for hydroxylation is 1. The van der Waals surface area contributed by atoms with Gasteiger partial charge in [0, 0.05) is 19.3 Å². The quantitative estimate of drug-likeness (QED) is 0.916. The van der Waals surface area contributed by atoms with Crippen LogP contribution in [0.5, 0.6) is 0 Å². The average molecular weight is 276 g/mol. The minimum atomic E-state index is -4.06. The van der Waals surface area contributed by atoms with Gasteiger partial charge in [-0.15, -0.1) is 0 Å². The van der Waals surface area contributed by atoms with E-state index in [1.165, 1.54) is 0 Å². The van der Waals surface area contributed by atoms with Crippen LogP contribution in [0.1, 0.15) is 19.3 Å². The summed E-state index contributed by atoms with van der Waals surface area (Å²) in [6.45, 7) is 2.25. The monoisotopic (exact) mass is 276 g/mol. The van der Waals surface area contributed by atoms with Gasteiger partial charge in [0.1, 0.15) is 5.82 Å². The smallest absolute Gasteiger partial charge is 0.382 e. The Balaban J connectivity index is 1.74. The Kier molecular flexibility index (Phi) is 4.34. The minimum Gasteiger partial charge on any atom is -0.382 e. The highest BCUT2D eigenvalue weighted by Gasteiger charge is 2.41. The number of nitrogens with zero attached hydrogens (tertiary/aromatic N) is 3. The molecule has 1 aromatic heterocycles. The highest BCUT2D eigenvalue weighted by molar-refractivity contribution is 5.23. The summed E-state index contributed by atoms with van der Waals surface area (Å²) in [5.74, 6) is -0.697. The molecule has 7 heteroatoms. The SMILES string of the molecule is Nc1ccn(CCCN2CCCC(C(F)(F)F)C2)n1. The van der Waals surface area contributed by atoms with Crippen molar-refractivity contribution in [2.24, 2.45) is 5.92 Å². The van der Waals surface area contributed by atoms with E-state index in [0.717, 1.165) is 13.0 Å². The molecule has 0 aliphatic carbocycles. The summed E-state index contributed by atoms with van der Waals surface area (Å²) in [6, 6.07) is 1.71. The number of hydrogen-bond donors (Lipinski definition) is 1. The van der Waals surface area contributed by atoms with Crippen molar-refractivity contribution in [3.8, 4) is 0 Å². The molecule has 0 saturated carbocycles. The molecule has 1 fully saturated rings. The first-order valence-corrected chi connectivity index (χ1v) is 6.53. The molecule has 4 nitrogen and oxygen atoms in total. The second-order valence-electron chi connectivity index (χ2n) is 5.04. The van der Waals surface area contributed by atoms with Crippen LogP contribution in [-0.2, 0) is 6.54 Å². The normalized spacial score (nSPS) is 21.7. The van der Waals surface area contributed by atoms with Gasteiger partial charge in [-0.3, -0.25) is 4.68 Å². The van der Waals surface area contributed by atoms with Crippen molar-refractivity contribution < 1.29 is 13.2 Å². The number of alkyl halides is 3. The minimum absolute atomic E-state index is 0.130. The zero-order chi connectivity index (χ0) is 13.9. The van der Waals surface area contributed by atoms with Gasteiger partial charge in [0.2, 0.25) is 0 Å². The number of rotatable bonds is 4. The number of likely N-dealkylation sites (tertiary alicyclic amines) is 1. The Labute approximate surface area is 110 Å². The van der Waals surface area contributed by atoms with Crippen molar-refractivity contribution >= 4 is 5.82 Å². The fraction of sp³-hybridized carbons (Fsp3) is 0.750. The van der Waals surface area contributed by atoms with E-state index in [0.29, 0.717) is 25.3 Å². The first-order valence-electron chi connectivity index (χ1n) is 6.53. The summed E-state index contributed by atoms with van der Waals surface area (Å²) in [5, 5.41) is 4.04. The molecule has 1 aromatic rings. The molecule has 1 atom stereocenters. The zero-order valence-electron chi connectivity index (χ0n) is 10.7. The third kappa shape index (κ3) is 4.12. The molecular formula is C12H19F3N4. The van der Waals surface area contributed by atoms with Gasteiger partial charge in [0.05, 0.1) is 5.92 Å². The van der Waals surface area contributed by atoms with Crippen LogP contribution >= 0.6 is 0 Å². The van der Waals surface area contributed by atoms with E-state index in [1.54, 1.807) is 16.9 Å². The third-order valence-corrected chi connectivity index (χ3v) is 3.49. The van der Waals surface area contributed by atoms with Crippen LogP contribution in [0.2, 0.25) is 0 Å². The molecule has 1 saturated heterocycles. The predicted octanol–water partition coefficient (Wildman–Crippen LogP) is 2.13. The van der Waals surface area contributed by atoms with E-state index in [2.05, 4.69) is 5.10 Å². The fourth-order valence-corrected chi connectivity index (χ4v) is 2.48. The van der Waals surface area contributed by atoms with Crippen LogP contribution in [0.25, 0.3) is 0 Å². The third-order valence-electron chi connectivity index (χ3n) is 3.49. The zero-order valence-corrected chi connectivity index (χ0v) is 10.7. The maximum atomic E-state index is 12.6. The standard InChI is InChI=1S/C12H19F3N4/c13-12(14,15)10-3-1-5-18(9-10)6-2-7-19-8-4-11(16)17-19/h4,8,10H,1-3,5-7,9H2,(H2,16,17). The van der Waals surface area contributed by atoms with Crippen molar-refractivity contribution in [2.45, 2.75) is 32.0 Å². The van der Waals surface area contributed by atoms with Gasteiger partial charge in [0.25, 0.3) is 0 Å². The van der Waals surface area contributed by atoms with Crippen LogP contribution in [0, 0.1) is 5.92 Å². The molecule has 1 aliphatic heterocycles. The molecular weight excluding hydrogens is 257 g/mol. The van der Waals surface area contributed by atoms with Gasteiger partial charge in [-0.25, -0.2) is 0 Å². The van der Waals surface area contributed by atoms with Crippen molar-refractivity contribution in [1.82, 2.24) is 14.7 Å². The van der Waals surface area contributed by atoms with Gasteiger partial charge < -0.3 is 10.6 Å². The van der Waals surface area contributed by atoms with Crippen LogP contribution in [0.15, 0.2) is 12.3 Å². The lowest BCUT2D eigenvalue weighted by atomic mass is 9.97. The molecule has 0 radical (unpaired) electrons. The molecule has 0 aromatic carbocycles. The number of piperidine rings is 1. The maximum Gasteiger partial charge on any atom is 0.393 e. The van der Waals surface area contributed by atoms with Crippen molar-refractivity contribution in [3.05, 3.63) is 12.3 Å². The van der Waals surface area contributed by atoms with Crippen LogP contribution in [0.3, 0.4) is 0 Å². The summed E-state index contributed by atoms with van der Waals surface area (Å²) in [5.41, 5.74) is 5.49. The molecule has 2 N–H and O–H groups in total. The number of nitrogens with two attached hydrogens (primary N) is 1. The number of halogens is 3.